The van der Waals surface area contributed by atoms with Crippen LogP contribution in [0.2, 0.25) is 10.0 Å². The highest BCUT2D eigenvalue weighted by atomic mass is 35.5. The van der Waals surface area contributed by atoms with Gasteiger partial charge in [-0.25, -0.2) is 4.98 Å². The van der Waals surface area contributed by atoms with E-state index in [0.29, 0.717) is 21.8 Å². The number of halogens is 2. The van der Waals surface area contributed by atoms with E-state index in [2.05, 4.69) is 32.7 Å². The first-order valence-corrected chi connectivity index (χ1v) is 8.71. The summed E-state index contributed by atoms with van der Waals surface area (Å²) in [5.74, 6) is 1.30. The van der Waals surface area contributed by atoms with Gasteiger partial charge in [-0.05, 0) is 37.1 Å². The topological polar surface area (TPSA) is 49.8 Å². The lowest BCUT2D eigenvalue weighted by atomic mass is 10.1. The number of nitrogens with zero attached hydrogens (tertiary/aromatic N) is 2. The molecule has 1 heterocycles. The van der Waals surface area contributed by atoms with Crippen LogP contribution in [0.3, 0.4) is 0 Å². The van der Waals surface area contributed by atoms with Crippen molar-refractivity contribution in [1.29, 1.82) is 0 Å². The maximum Gasteiger partial charge on any atom is 0.224 e. The quantitative estimate of drug-likeness (QED) is 0.600. The molecule has 0 bridgehead atoms. The fraction of sp³-hybridized carbons (Fsp3) is 0.158. The lowest BCUT2D eigenvalue weighted by Crippen LogP contribution is -2.09. The zero-order valence-corrected chi connectivity index (χ0v) is 15.3. The summed E-state index contributed by atoms with van der Waals surface area (Å²) in [6.07, 6.45) is 0.910. The minimum absolute atomic E-state index is 0.499. The predicted octanol–water partition coefficient (Wildman–Crippen LogP) is 5.49. The zero-order chi connectivity index (χ0) is 17.6. The Morgan fingerprint density at radius 3 is 2.48 bits per heavy atom. The van der Waals surface area contributed by atoms with E-state index in [1.165, 1.54) is 5.56 Å². The second-order valence-corrected chi connectivity index (χ2v) is 6.45. The van der Waals surface area contributed by atoms with Gasteiger partial charge in [0.1, 0.15) is 5.82 Å². The third-order valence-electron chi connectivity index (χ3n) is 3.59. The Morgan fingerprint density at radius 2 is 1.72 bits per heavy atom. The Balaban J connectivity index is 1.66. The largest absolute Gasteiger partial charge is 0.354 e. The van der Waals surface area contributed by atoms with Gasteiger partial charge in [-0.1, -0.05) is 53.5 Å². The second-order valence-electron chi connectivity index (χ2n) is 5.63. The predicted molar refractivity (Wildman–Crippen MR) is 105 cm³/mol. The molecular weight excluding hydrogens is 355 g/mol. The standard InChI is InChI=1S/C19H18Cl2N4/c1-13-11-18(24-15-7-8-16(20)17(21)12-15)25-19(23-13)22-10-9-14-5-3-2-4-6-14/h2-8,11-12H,9-10H2,1H3,(H2,22,23,24,25). The Bertz CT molecular complexity index is 853. The third-order valence-corrected chi connectivity index (χ3v) is 4.32. The second kappa shape index (κ2) is 8.19. The lowest BCUT2D eigenvalue weighted by molar-refractivity contribution is 0.976. The Labute approximate surface area is 157 Å². The number of rotatable bonds is 6. The Hall–Kier alpha value is -2.30. The van der Waals surface area contributed by atoms with Crippen molar-refractivity contribution in [3.05, 3.63) is 75.9 Å². The molecule has 0 amide bonds. The SMILES string of the molecule is Cc1cc(Nc2ccc(Cl)c(Cl)c2)nc(NCCc2ccccc2)n1. The van der Waals surface area contributed by atoms with Crippen molar-refractivity contribution in [2.45, 2.75) is 13.3 Å². The van der Waals surface area contributed by atoms with Crippen LogP contribution in [0.4, 0.5) is 17.5 Å². The highest BCUT2D eigenvalue weighted by Gasteiger charge is 2.05. The molecule has 0 aliphatic heterocycles. The summed E-state index contributed by atoms with van der Waals surface area (Å²) in [4.78, 5) is 8.93. The summed E-state index contributed by atoms with van der Waals surface area (Å²) in [6, 6.07) is 17.6. The van der Waals surface area contributed by atoms with Crippen molar-refractivity contribution in [1.82, 2.24) is 9.97 Å². The molecule has 2 aromatic carbocycles. The van der Waals surface area contributed by atoms with Gasteiger partial charge in [0.15, 0.2) is 0 Å². The van der Waals surface area contributed by atoms with Gasteiger partial charge in [-0.15, -0.1) is 0 Å². The first-order chi connectivity index (χ1) is 12.1. The highest BCUT2D eigenvalue weighted by Crippen LogP contribution is 2.26. The van der Waals surface area contributed by atoms with Crippen molar-refractivity contribution >= 4 is 40.7 Å². The molecule has 0 radical (unpaired) electrons. The van der Waals surface area contributed by atoms with E-state index in [4.69, 9.17) is 23.2 Å². The Morgan fingerprint density at radius 1 is 0.920 bits per heavy atom. The summed E-state index contributed by atoms with van der Waals surface area (Å²) in [5.41, 5.74) is 2.97. The van der Waals surface area contributed by atoms with Crippen molar-refractivity contribution in [3.63, 3.8) is 0 Å². The number of aromatic nitrogens is 2. The number of nitrogens with one attached hydrogen (secondary N) is 2. The molecule has 128 valence electrons. The van der Waals surface area contributed by atoms with Crippen LogP contribution in [0.1, 0.15) is 11.3 Å². The van der Waals surface area contributed by atoms with E-state index in [1.54, 1.807) is 12.1 Å². The van der Waals surface area contributed by atoms with Gasteiger partial charge in [-0.2, -0.15) is 4.98 Å². The van der Waals surface area contributed by atoms with Gasteiger partial charge >= 0.3 is 0 Å². The van der Waals surface area contributed by atoms with E-state index in [-0.39, 0.29) is 0 Å². The first kappa shape index (κ1) is 17.5. The van der Waals surface area contributed by atoms with E-state index in [9.17, 15) is 0 Å². The van der Waals surface area contributed by atoms with Gasteiger partial charge in [0, 0.05) is 24.0 Å². The van der Waals surface area contributed by atoms with Crippen LogP contribution in [-0.2, 0) is 6.42 Å². The molecular formula is C19H18Cl2N4. The van der Waals surface area contributed by atoms with Crippen molar-refractivity contribution in [3.8, 4) is 0 Å². The van der Waals surface area contributed by atoms with Crippen LogP contribution in [0.25, 0.3) is 0 Å². The fourth-order valence-corrected chi connectivity index (χ4v) is 2.69. The smallest absolute Gasteiger partial charge is 0.224 e. The van der Waals surface area contributed by atoms with Crippen LogP contribution < -0.4 is 10.6 Å². The molecule has 1 aromatic heterocycles. The molecule has 4 nitrogen and oxygen atoms in total. The average Bonchev–Trinajstić information content (AvgIpc) is 2.59. The molecule has 6 heteroatoms. The molecule has 0 saturated carbocycles. The monoisotopic (exact) mass is 372 g/mol. The third kappa shape index (κ3) is 5.08. The summed E-state index contributed by atoms with van der Waals surface area (Å²) < 4.78 is 0. The molecule has 0 fully saturated rings. The minimum Gasteiger partial charge on any atom is -0.354 e. The average molecular weight is 373 g/mol. The van der Waals surface area contributed by atoms with Crippen LogP contribution in [-0.4, -0.2) is 16.5 Å². The maximum absolute atomic E-state index is 6.05. The molecule has 3 rings (SSSR count). The van der Waals surface area contributed by atoms with Crippen molar-refractivity contribution in [2.24, 2.45) is 0 Å². The molecule has 0 unspecified atom stereocenters. The number of benzene rings is 2. The number of anilines is 3. The number of aryl methyl sites for hydroxylation is 1. The molecule has 0 aliphatic rings. The minimum atomic E-state index is 0.499. The van der Waals surface area contributed by atoms with E-state index < -0.39 is 0 Å². The normalized spacial score (nSPS) is 10.5. The summed E-state index contributed by atoms with van der Waals surface area (Å²) in [7, 11) is 0. The van der Waals surface area contributed by atoms with E-state index >= 15 is 0 Å². The molecule has 0 atom stereocenters. The van der Waals surface area contributed by atoms with Gasteiger partial charge in [0.25, 0.3) is 0 Å². The zero-order valence-electron chi connectivity index (χ0n) is 13.8. The molecule has 2 N–H and O–H groups in total. The molecule has 0 aliphatic carbocycles. The highest BCUT2D eigenvalue weighted by molar-refractivity contribution is 6.42. The summed E-state index contributed by atoms with van der Waals surface area (Å²) in [5, 5.41) is 7.52. The van der Waals surface area contributed by atoms with E-state index in [1.807, 2.05) is 37.3 Å². The summed E-state index contributed by atoms with van der Waals surface area (Å²) >= 11 is 12.0. The van der Waals surface area contributed by atoms with Crippen LogP contribution >= 0.6 is 23.2 Å². The van der Waals surface area contributed by atoms with Gasteiger partial charge in [-0.3, -0.25) is 0 Å². The number of hydrogen-bond donors (Lipinski definition) is 2. The first-order valence-electron chi connectivity index (χ1n) is 7.96. The maximum atomic E-state index is 6.05. The Kier molecular flexibility index (Phi) is 5.74. The van der Waals surface area contributed by atoms with Crippen LogP contribution in [0.15, 0.2) is 54.6 Å². The van der Waals surface area contributed by atoms with Crippen LogP contribution in [0.5, 0.6) is 0 Å². The van der Waals surface area contributed by atoms with Crippen LogP contribution in [0, 0.1) is 6.92 Å². The van der Waals surface area contributed by atoms with Gasteiger partial charge < -0.3 is 10.6 Å². The molecule has 0 saturated heterocycles. The van der Waals surface area contributed by atoms with E-state index in [0.717, 1.165) is 24.3 Å². The lowest BCUT2D eigenvalue weighted by Gasteiger charge is -2.10. The molecule has 25 heavy (non-hydrogen) atoms. The number of hydrogen-bond acceptors (Lipinski definition) is 4. The van der Waals surface area contributed by atoms with Crippen molar-refractivity contribution in [2.75, 3.05) is 17.2 Å². The van der Waals surface area contributed by atoms with Crippen molar-refractivity contribution < 1.29 is 0 Å². The summed E-state index contributed by atoms with van der Waals surface area (Å²) in [6.45, 7) is 2.70. The van der Waals surface area contributed by atoms with Gasteiger partial charge in [0.2, 0.25) is 5.95 Å². The molecule has 0 spiro atoms. The fourth-order valence-electron chi connectivity index (χ4n) is 2.40. The van der Waals surface area contributed by atoms with Gasteiger partial charge in [0.05, 0.1) is 10.0 Å². The molecule has 3 aromatic rings.